The number of aromatic nitrogens is 1. The molecular weight excluding hydrogens is 381 g/mol. The van der Waals surface area contributed by atoms with Crippen molar-refractivity contribution in [3.8, 4) is 0 Å². The Bertz CT molecular complexity index is 768. The average Bonchev–Trinajstić information content (AvgIpc) is 3.17. The van der Waals surface area contributed by atoms with Gasteiger partial charge < -0.3 is 14.7 Å². The van der Waals surface area contributed by atoms with Crippen LogP contribution >= 0.6 is 0 Å². The topological polar surface area (TPSA) is 104 Å². The van der Waals surface area contributed by atoms with E-state index in [-0.39, 0.29) is 0 Å². The number of hydrogen-bond acceptors (Lipinski definition) is 5. The Kier molecular flexibility index (Phi) is 7.16. The van der Waals surface area contributed by atoms with Crippen LogP contribution in [-0.4, -0.2) is 51.5 Å². The zero-order valence-electron chi connectivity index (χ0n) is 14.7. The Hall–Kier alpha value is -2.88. The third-order valence-electron chi connectivity index (χ3n) is 4.31. The van der Waals surface area contributed by atoms with Crippen LogP contribution in [0.15, 0.2) is 41.1 Å². The molecule has 0 aliphatic carbocycles. The highest BCUT2D eigenvalue weighted by atomic mass is 19.4. The maximum Gasteiger partial charge on any atom is 0.490 e. The fourth-order valence-corrected chi connectivity index (χ4v) is 2.83. The summed E-state index contributed by atoms with van der Waals surface area (Å²) >= 11 is 0. The highest BCUT2D eigenvalue weighted by molar-refractivity contribution is 5.87. The first kappa shape index (κ1) is 21.4. The van der Waals surface area contributed by atoms with E-state index >= 15 is 0 Å². The van der Waals surface area contributed by atoms with E-state index in [1.54, 1.807) is 18.4 Å². The van der Waals surface area contributed by atoms with Crippen LogP contribution in [0.3, 0.4) is 0 Å². The second-order valence-corrected chi connectivity index (χ2v) is 6.28. The average molecular weight is 400 g/mol. The van der Waals surface area contributed by atoms with Gasteiger partial charge in [-0.3, -0.25) is 4.90 Å². The van der Waals surface area contributed by atoms with Gasteiger partial charge in [0.2, 0.25) is 0 Å². The quantitative estimate of drug-likeness (QED) is 0.811. The van der Waals surface area contributed by atoms with E-state index in [0.29, 0.717) is 11.5 Å². The summed E-state index contributed by atoms with van der Waals surface area (Å²) in [6.45, 7) is 2.92. The predicted octanol–water partition coefficient (Wildman–Crippen LogP) is 3.39. The monoisotopic (exact) mass is 400 g/mol. The van der Waals surface area contributed by atoms with Crippen LogP contribution in [-0.2, 0) is 11.3 Å². The minimum absolute atomic E-state index is 0.337. The normalized spacial score (nSPS) is 15.5. The van der Waals surface area contributed by atoms with Crippen molar-refractivity contribution in [3.05, 3.63) is 53.4 Å². The standard InChI is InChI=1S/C16H18N2O3.C2HF3O2/c19-16(20)14-3-1-12(2-4-14)11-18-8-5-13(6-9-18)15-7-10-21-17-15;3-2(4,5)1(6)7/h1-4,7,10,13H,5-6,8-9,11H2,(H,19,20);(H,6,7). The summed E-state index contributed by atoms with van der Waals surface area (Å²) in [6.07, 6.45) is -1.29. The van der Waals surface area contributed by atoms with Crippen LogP contribution in [0.1, 0.15) is 40.4 Å². The van der Waals surface area contributed by atoms with Crippen molar-refractivity contribution in [1.29, 1.82) is 0 Å². The Morgan fingerprint density at radius 1 is 1.11 bits per heavy atom. The van der Waals surface area contributed by atoms with Crippen molar-refractivity contribution >= 4 is 11.9 Å². The minimum Gasteiger partial charge on any atom is -0.478 e. The van der Waals surface area contributed by atoms with Gasteiger partial charge in [0.05, 0.1) is 11.3 Å². The number of aliphatic carboxylic acids is 1. The second-order valence-electron chi connectivity index (χ2n) is 6.28. The smallest absolute Gasteiger partial charge is 0.478 e. The molecule has 0 spiro atoms. The van der Waals surface area contributed by atoms with Gasteiger partial charge in [-0.1, -0.05) is 17.3 Å². The first-order chi connectivity index (χ1) is 13.2. The lowest BCUT2D eigenvalue weighted by Gasteiger charge is -2.31. The van der Waals surface area contributed by atoms with Gasteiger partial charge in [-0.05, 0) is 43.6 Å². The van der Waals surface area contributed by atoms with E-state index in [0.717, 1.165) is 43.7 Å². The number of halogens is 3. The summed E-state index contributed by atoms with van der Waals surface area (Å²) in [5.41, 5.74) is 2.55. The van der Waals surface area contributed by atoms with Crippen molar-refractivity contribution in [3.63, 3.8) is 0 Å². The molecular formula is C18H19F3N2O5. The molecule has 1 aromatic carbocycles. The molecule has 1 fully saturated rings. The molecule has 1 saturated heterocycles. The van der Waals surface area contributed by atoms with Crippen molar-refractivity contribution in [1.82, 2.24) is 10.1 Å². The number of hydrogen-bond donors (Lipinski definition) is 2. The molecule has 152 valence electrons. The van der Waals surface area contributed by atoms with Crippen LogP contribution in [0, 0.1) is 0 Å². The number of carbonyl (C=O) groups is 2. The van der Waals surface area contributed by atoms with Gasteiger partial charge in [-0.25, -0.2) is 9.59 Å². The van der Waals surface area contributed by atoms with Gasteiger partial charge in [0.25, 0.3) is 0 Å². The molecule has 1 aliphatic rings. The third kappa shape index (κ3) is 6.38. The number of alkyl halides is 3. The van der Waals surface area contributed by atoms with Crippen LogP contribution in [0.25, 0.3) is 0 Å². The predicted molar refractivity (Wildman–Crippen MR) is 90.8 cm³/mol. The lowest BCUT2D eigenvalue weighted by Crippen LogP contribution is -2.32. The van der Waals surface area contributed by atoms with E-state index in [4.69, 9.17) is 19.5 Å². The molecule has 2 heterocycles. The van der Waals surface area contributed by atoms with E-state index in [1.807, 2.05) is 18.2 Å². The number of piperidine rings is 1. The second kappa shape index (κ2) is 9.36. The lowest BCUT2D eigenvalue weighted by molar-refractivity contribution is -0.192. The van der Waals surface area contributed by atoms with E-state index < -0.39 is 18.1 Å². The molecule has 0 saturated carbocycles. The molecule has 0 atom stereocenters. The van der Waals surface area contributed by atoms with Gasteiger partial charge in [0, 0.05) is 18.5 Å². The Labute approximate surface area is 158 Å². The van der Waals surface area contributed by atoms with Crippen LogP contribution in [0.5, 0.6) is 0 Å². The van der Waals surface area contributed by atoms with Crippen LogP contribution < -0.4 is 0 Å². The molecule has 0 amide bonds. The number of likely N-dealkylation sites (tertiary alicyclic amines) is 1. The number of benzene rings is 1. The summed E-state index contributed by atoms with van der Waals surface area (Å²) in [6, 6.07) is 9.07. The fraction of sp³-hybridized carbons (Fsp3) is 0.389. The largest absolute Gasteiger partial charge is 0.490 e. The summed E-state index contributed by atoms with van der Waals surface area (Å²) in [5.74, 6) is -3.14. The molecule has 7 nitrogen and oxygen atoms in total. The summed E-state index contributed by atoms with van der Waals surface area (Å²) in [5, 5.41) is 20.0. The lowest BCUT2D eigenvalue weighted by atomic mass is 9.93. The number of carboxylic acid groups (broad SMARTS) is 2. The molecule has 0 bridgehead atoms. The van der Waals surface area contributed by atoms with Gasteiger partial charge in [-0.15, -0.1) is 0 Å². The summed E-state index contributed by atoms with van der Waals surface area (Å²) in [7, 11) is 0. The van der Waals surface area contributed by atoms with Crippen molar-refractivity contribution in [2.24, 2.45) is 0 Å². The first-order valence-electron chi connectivity index (χ1n) is 8.42. The fourth-order valence-electron chi connectivity index (χ4n) is 2.83. The van der Waals surface area contributed by atoms with Gasteiger partial charge in [0.15, 0.2) is 0 Å². The van der Waals surface area contributed by atoms with Crippen molar-refractivity contribution in [2.45, 2.75) is 31.5 Å². The molecule has 1 aliphatic heterocycles. The first-order valence-corrected chi connectivity index (χ1v) is 8.42. The third-order valence-corrected chi connectivity index (χ3v) is 4.31. The Morgan fingerprint density at radius 2 is 1.68 bits per heavy atom. The molecule has 28 heavy (non-hydrogen) atoms. The molecule has 0 radical (unpaired) electrons. The Balaban J connectivity index is 0.000000345. The number of nitrogens with zero attached hydrogens (tertiary/aromatic N) is 2. The maximum atomic E-state index is 10.8. The van der Waals surface area contributed by atoms with E-state index in [1.165, 1.54) is 0 Å². The number of aromatic carboxylic acids is 1. The van der Waals surface area contributed by atoms with Crippen LogP contribution in [0.2, 0.25) is 0 Å². The zero-order valence-corrected chi connectivity index (χ0v) is 14.7. The van der Waals surface area contributed by atoms with Gasteiger partial charge >= 0.3 is 18.1 Å². The van der Waals surface area contributed by atoms with Gasteiger partial charge in [0.1, 0.15) is 6.26 Å². The van der Waals surface area contributed by atoms with Crippen LogP contribution in [0.4, 0.5) is 13.2 Å². The SMILES string of the molecule is O=C(O)C(F)(F)F.O=C(O)c1ccc(CN2CCC(c3ccon3)CC2)cc1. The number of rotatable bonds is 4. The highest BCUT2D eigenvalue weighted by Crippen LogP contribution is 2.27. The highest BCUT2D eigenvalue weighted by Gasteiger charge is 2.38. The Morgan fingerprint density at radius 3 is 2.11 bits per heavy atom. The molecule has 2 N–H and O–H groups in total. The molecule has 0 unspecified atom stereocenters. The zero-order chi connectivity index (χ0) is 20.7. The summed E-state index contributed by atoms with van der Waals surface area (Å²) in [4.78, 5) is 22.1. The molecule has 3 rings (SSSR count). The summed E-state index contributed by atoms with van der Waals surface area (Å²) < 4.78 is 36.6. The molecule has 1 aromatic heterocycles. The van der Waals surface area contributed by atoms with Gasteiger partial charge in [-0.2, -0.15) is 13.2 Å². The number of carboxylic acids is 2. The molecule has 2 aromatic rings. The van der Waals surface area contributed by atoms with Crippen molar-refractivity contribution in [2.75, 3.05) is 13.1 Å². The minimum atomic E-state index is -5.08. The maximum absolute atomic E-state index is 10.8. The van der Waals surface area contributed by atoms with E-state index in [2.05, 4.69) is 10.1 Å². The van der Waals surface area contributed by atoms with Crippen molar-refractivity contribution < 1.29 is 37.5 Å². The molecule has 10 heteroatoms. The van der Waals surface area contributed by atoms with E-state index in [9.17, 15) is 18.0 Å².